The molecule has 0 bridgehead atoms. The Balaban J connectivity index is 0.000000614. The SMILES string of the molecule is CSc1cc(C(C)(C)C)cc(CN(CCc2ccccn2)CCc2ccccn2)c1[O-].CSc1cc(C(C)(C)C)cc(CN(CCc2ccccn2)CCc2ccccn2)c1[O-].F[P-](F)(F)(F)(F)F.F[P-](F)(F)(F)(F)F.[Cu+2].[Cu+2]. The van der Waals surface area contributed by atoms with Crippen LogP contribution >= 0.6 is 39.1 Å². The number of nitrogens with zero attached hydrogens (tertiary/aromatic N) is 6. The molecular weight excluding hydrogens is 1220 g/mol. The first-order valence-corrected chi connectivity index (χ1v) is 30.1. The minimum absolute atomic E-state index is 0. The number of rotatable bonds is 18. The number of thioether (sulfide) groups is 2. The maximum absolute atomic E-state index is 13.1. The summed E-state index contributed by atoms with van der Waals surface area (Å²) in [7, 11) is -21.3. The van der Waals surface area contributed by atoms with E-state index in [-0.39, 0.29) is 56.5 Å². The number of benzene rings is 2. The van der Waals surface area contributed by atoms with E-state index in [1.165, 1.54) is 34.7 Å². The van der Waals surface area contributed by atoms with Crippen LogP contribution in [-0.4, -0.2) is 68.4 Å². The molecule has 0 atom stereocenters. The molecule has 0 fully saturated rings. The first kappa shape index (κ1) is 72.3. The largest absolute Gasteiger partial charge is 2.00 e. The van der Waals surface area contributed by atoms with Gasteiger partial charge in [-0.25, -0.2) is 0 Å². The van der Waals surface area contributed by atoms with E-state index in [1.807, 2.05) is 85.8 Å². The zero-order valence-corrected chi connectivity index (χ0v) is 49.3. The van der Waals surface area contributed by atoms with Gasteiger partial charge >= 0.3 is 100 Å². The topological polar surface area (TPSA) is 104 Å². The van der Waals surface area contributed by atoms with Crippen molar-refractivity contribution in [2.24, 2.45) is 0 Å². The second-order valence-corrected chi connectivity index (χ2v) is 25.1. The number of hydrogen-bond acceptors (Lipinski definition) is 10. The summed E-state index contributed by atoms with van der Waals surface area (Å²) in [4.78, 5) is 24.2. The average molecular weight is 1290 g/mol. The van der Waals surface area contributed by atoms with Crippen LogP contribution in [0.5, 0.6) is 11.5 Å². The molecule has 4 heterocycles. The minimum atomic E-state index is -10.7. The Kier molecular flexibility index (Phi) is 26.3. The van der Waals surface area contributed by atoms with Gasteiger partial charge in [0, 0.05) is 113 Å². The number of hydrogen-bond donors (Lipinski definition) is 0. The Hall–Kier alpha value is -3.68. The molecule has 0 aliphatic carbocycles. The predicted octanol–water partition coefficient (Wildman–Crippen LogP) is 16.5. The molecule has 442 valence electrons. The fraction of sp³-hybridized carbons (Fsp3) is 0.385. The van der Waals surface area contributed by atoms with Crippen LogP contribution in [0.1, 0.15) is 86.6 Å². The first-order valence-electron chi connectivity index (χ1n) is 23.6. The summed E-state index contributed by atoms with van der Waals surface area (Å²) in [5, 5.41) is 26.2. The summed E-state index contributed by atoms with van der Waals surface area (Å²) >= 11 is 3.07. The molecule has 0 saturated heterocycles. The van der Waals surface area contributed by atoms with E-state index in [9.17, 15) is 60.6 Å². The summed E-state index contributed by atoms with van der Waals surface area (Å²) in [6.45, 7) is 17.8. The van der Waals surface area contributed by atoms with Crippen molar-refractivity contribution in [1.82, 2.24) is 29.7 Å². The number of halogens is 12. The van der Waals surface area contributed by atoms with Gasteiger partial charge in [0.2, 0.25) is 0 Å². The van der Waals surface area contributed by atoms with Crippen molar-refractivity contribution in [3.63, 3.8) is 0 Å². The van der Waals surface area contributed by atoms with Crippen LogP contribution in [-0.2, 0) is 83.7 Å². The quantitative estimate of drug-likeness (QED) is 0.0358. The van der Waals surface area contributed by atoms with Gasteiger partial charge in [-0.2, -0.15) is 0 Å². The first-order chi connectivity index (χ1) is 34.6. The molecule has 0 aliphatic rings. The molecule has 8 nitrogen and oxygen atoms in total. The Morgan fingerprint density at radius 3 is 0.833 bits per heavy atom. The van der Waals surface area contributed by atoms with Gasteiger partial charge in [0.1, 0.15) is 0 Å². The molecule has 0 unspecified atom stereocenters. The molecule has 26 heteroatoms. The molecule has 0 aliphatic heterocycles. The van der Waals surface area contributed by atoms with E-state index in [0.717, 1.165) is 95.6 Å². The summed E-state index contributed by atoms with van der Waals surface area (Å²) in [5.41, 5.74) is 8.45. The van der Waals surface area contributed by atoms with Crippen molar-refractivity contribution >= 4 is 39.1 Å². The normalized spacial score (nSPS) is 13.5. The van der Waals surface area contributed by atoms with Gasteiger partial charge < -0.3 is 10.2 Å². The van der Waals surface area contributed by atoms with Crippen molar-refractivity contribution in [3.8, 4) is 11.5 Å². The third-order valence-electron chi connectivity index (χ3n) is 10.9. The Morgan fingerprint density at radius 1 is 0.423 bits per heavy atom. The Bertz CT molecular complexity index is 2450. The summed E-state index contributed by atoms with van der Waals surface area (Å²) in [6.07, 6.45) is 14.7. The molecule has 6 aromatic rings. The van der Waals surface area contributed by atoms with Gasteiger partial charge in [0.05, 0.1) is 0 Å². The van der Waals surface area contributed by atoms with Crippen LogP contribution in [0, 0.1) is 0 Å². The van der Waals surface area contributed by atoms with Crippen LogP contribution < -0.4 is 10.2 Å². The fourth-order valence-electron chi connectivity index (χ4n) is 7.02. The second-order valence-electron chi connectivity index (χ2n) is 19.6. The molecule has 0 amide bonds. The zero-order valence-electron chi connectivity index (χ0n) is 44.0. The number of aromatic nitrogens is 4. The van der Waals surface area contributed by atoms with Crippen molar-refractivity contribution in [2.45, 2.75) is 101 Å². The molecule has 4 aromatic heterocycles. The maximum Gasteiger partial charge on any atom is 2.00 e. The average Bonchev–Trinajstić information content (AvgIpc) is 3.30. The zero-order chi connectivity index (χ0) is 57.4. The van der Waals surface area contributed by atoms with Crippen LogP contribution in [0.25, 0.3) is 0 Å². The number of pyridine rings is 4. The Labute approximate surface area is 478 Å². The molecular formula is C52H64Cu2F12N6O2P2S2. The van der Waals surface area contributed by atoms with Crippen molar-refractivity contribution in [1.29, 1.82) is 0 Å². The van der Waals surface area contributed by atoms with Crippen LogP contribution in [0.4, 0.5) is 50.4 Å². The van der Waals surface area contributed by atoms with Gasteiger partial charge in [-0.3, -0.25) is 29.7 Å². The fourth-order valence-corrected chi connectivity index (χ4v) is 8.14. The molecule has 2 radical (unpaired) electrons. The van der Waals surface area contributed by atoms with Crippen molar-refractivity contribution < 1.29 is 94.7 Å². The molecule has 2 aromatic carbocycles. The summed E-state index contributed by atoms with van der Waals surface area (Å²) < 4.78 is 118. The molecule has 78 heavy (non-hydrogen) atoms. The van der Waals surface area contributed by atoms with Crippen molar-refractivity contribution in [2.75, 3.05) is 38.7 Å². The smallest absolute Gasteiger partial charge is 2.00 e. The van der Waals surface area contributed by atoms with E-state index >= 15 is 0 Å². The van der Waals surface area contributed by atoms with E-state index in [4.69, 9.17) is 0 Å². The summed E-state index contributed by atoms with van der Waals surface area (Å²) in [5.74, 6) is 0.308. The molecule has 0 spiro atoms. The standard InChI is InChI=1S/2C26H33N3OS.2Cu.2F6P/c2*1-26(2,3)21-17-20(25(30)24(18-21)31-4)19-29(15-11-22-9-5-7-13-27-22)16-12-23-10-6-8-14-28-23;;;2*1-7(2,3,4,5)6/h2*5-10,13-14,17-18,30H,11-12,15-16,19H2,1-4H3;;;;/q;;2*+2;2*-1/p-2. The van der Waals surface area contributed by atoms with E-state index in [0.29, 0.717) is 13.1 Å². The van der Waals surface area contributed by atoms with E-state index in [2.05, 4.69) is 120 Å². The van der Waals surface area contributed by atoms with E-state index < -0.39 is 15.6 Å². The van der Waals surface area contributed by atoms with Gasteiger partial charge in [0.25, 0.3) is 0 Å². The predicted molar refractivity (Wildman–Crippen MR) is 282 cm³/mol. The van der Waals surface area contributed by atoms with Crippen molar-refractivity contribution in [3.05, 3.63) is 167 Å². The Morgan fingerprint density at radius 2 is 0.654 bits per heavy atom. The van der Waals surface area contributed by atoms with Gasteiger partial charge in [-0.05, 0) is 116 Å². The minimum Gasteiger partial charge on any atom is 2.00 e. The monoisotopic (exact) mass is 1280 g/mol. The second kappa shape index (κ2) is 28.3. The van der Waals surface area contributed by atoms with Gasteiger partial charge in [-0.15, -0.1) is 23.5 Å². The molecule has 6 rings (SSSR count). The maximum atomic E-state index is 13.1. The molecule has 0 N–H and O–H groups in total. The third kappa shape index (κ3) is 33.8. The van der Waals surface area contributed by atoms with Crippen LogP contribution in [0.3, 0.4) is 0 Å². The van der Waals surface area contributed by atoms with Gasteiger partial charge in [-0.1, -0.05) is 89.4 Å². The van der Waals surface area contributed by atoms with E-state index in [1.54, 1.807) is 0 Å². The molecule has 0 saturated carbocycles. The summed E-state index contributed by atoms with van der Waals surface area (Å²) in [6, 6.07) is 32.4. The van der Waals surface area contributed by atoms with Crippen LogP contribution in [0.2, 0.25) is 0 Å². The van der Waals surface area contributed by atoms with Gasteiger partial charge in [0.15, 0.2) is 0 Å². The third-order valence-corrected chi connectivity index (χ3v) is 12.4. The van der Waals surface area contributed by atoms with Crippen LogP contribution in [0.15, 0.2) is 132 Å².